The van der Waals surface area contributed by atoms with Crippen molar-refractivity contribution in [3.63, 3.8) is 0 Å². The standard InChI is InChI=1S/C21H22N4O4S/c1-13-23-24-20(30-13)14-6-5-7-15(12-14)22-19(26)16-8-3-4-11-25(16)21(27)17-9-10-18(28-2)29-17/h5-7,9-10,12,16H,3-4,8,11H2,1-2H3,(H,22,26). The number of hydrogen-bond donors (Lipinski definition) is 1. The van der Waals surface area contributed by atoms with Crippen LogP contribution in [0, 0.1) is 6.92 Å². The lowest BCUT2D eigenvalue weighted by molar-refractivity contribution is -0.121. The van der Waals surface area contributed by atoms with Gasteiger partial charge in [-0.3, -0.25) is 9.59 Å². The van der Waals surface area contributed by atoms with Crippen LogP contribution in [0.25, 0.3) is 10.6 Å². The number of methoxy groups -OCH3 is 1. The van der Waals surface area contributed by atoms with Crippen molar-refractivity contribution in [3.05, 3.63) is 47.2 Å². The van der Waals surface area contributed by atoms with E-state index in [-0.39, 0.29) is 23.5 Å². The van der Waals surface area contributed by atoms with Crippen molar-refractivity contribution in [2.24, 2.45) is 0 Å². The molecule has 1 fully saturated rings. The number of carbonyl (C=O) groups excluding carboxylic acids is 2. The molecule has 0 spiro atoms. The number of rotatable bonds is 5. The zero-order valence-electron chi connectivity index (χ0n) is 16.8. The number of piperidine rings is 1. The number of aromatic nitrogens is 2. The van der Waals surface area contributed by atoms with Gasteiger partial charge in [-0.2, -0.15) is 0 Å². The van der Waals surface area contributed by atoms with Gasteiger partial charge in [0.2, 0.25) is 5.91 Å². The SMILES string of the molecule is COc1ccc(C(=O)N2CCCCC2C(=O)Nc2cccc(-c3nnc(C)s3)c2)o1. The molecule has 2 aromatic heterocycles. The number of nitrogens with zero attached hydrogens (tertiary/aromatic N) is 3. The molecule has 3 aromatic rings. The molecule has 8 nitrogen and oxygen atoms in total. The molecule has 1 aliphatic heterocycles. The van der Waals surface area contributed by atoms with Gasteiger partial charge in [0, 0.05) is 23.9 Å². The highest BCUT2D eigenvalue weighted by molar-refractivity contribution is 7.14. The van der Waals surface area contributed by atoms with E-state index in [1.807, 2.05) is 31.2 Å². The van der Waals surface area contributed by atoms with Crippen molar-refractivity contribution in [1.29, 1.82) is 0 Å². The van der Waals surface area contributed by atoms with E-state index < -0.39 is 6.04 Å². The molecular formula is C21H22N4O4S. The number of likely N-dealkylation sites (tertiary alicyclic amines) is 1. The molecule has 3 heterocycles. The molecule has 4 rings (SSSR count). The molecule has 9 heteroatoms. The third-order valence-electron chi connectivity index (χ3n) is 4.96. The number of ether oxygens (including phenoxy) is 1. The fourth-order valence-electron chi connectivity index (χ4n) is 3.50. The van der Waals surface area contributed by atoms with Crippen LogP contribution in [0.4, 0.5) is 5.69 Å². The lowest BCUT2D eigenvalue weighted by Crippen LogP contribution is -2.49. The van der Waals surface area contributed by atoms with E-state index >= 15 is 0 Å². The van der Waals surface area contributed by atoms with Crippen LogP contribution < -0.4 is 10.1 Å². The van der Waals surface area contributed by atoms with Crippen molar-refractivity contribution in [1.82, 2.24) is 15.1 Å². The lowest BCUT2D eigenvalue weighted by atomic mass is 10.0. The quantitative estimate of drug-likeness (QED) is 0.667. The second kappa shape index (κ2) is 8.66. The maximum absolute atomic E-state index is 13.0. The summed E-state index contributed by atoms with van der Waals surface area (Å²) in [4.78, 5) is 27.5. The monoisotopic (exact) mass is 426 g/mol. The summed E-state index contributed by atoms with van der Waals surface area (Å²) < 4.78 is 10.4. The first-order valence-electron chi connectivity index (χ1n) is 9.71. The van der Waals surface area contributed by atoms with Gasteiger partial charge in [-0.25, -0.2) is 0 Å². The second-order valence-electron chi connectivity index (χ2n) is 7.03. The molecule has 0 bridgehead atoms. The van der Waals surface area contributed by atoms with Gasteiger partial charge >= 0.3 is 0 Å². The summed E-state index contributed by atoms with van der Waals surface area (Å²) in [7, 11) is 1.47. The van der Waals surface area contributed by atoms with Crippen LogP contribution >= 0.6 is 11.3 Å². The van der Waals surface area contributed by atoms with Crippen LogP contribution in [0.2, 0.25) is 0 Å². The topological polar surface area (TPSA) is 97.6 Å². The number of benzene rings is 1. The highest BCUT2D eigenvalue weighted by Crippen LogP contribution is 2.27. The highest BCUT2D eigenvalue weighted by Gasteiger charge is 2.34. The Morgan fingerprint density at radius 1 is 1.23 bits per heavy atom. The van der Waals surface area contributed by atoms with Crippen molar-refractivity contribution in [2.75, 3.05) is 19.0 Å². The molecule has 2 amide bonds. The number of anilines is 1. The van der Waals surface area contributed by atoms with Gasteiger partial charge in [-0.15, -0.1) is 10.2 Å². The van der Waals surface area contributed by atoms with Crippen molar-refractivity contribution >= 4 is 28.8 Å². The van der Waals surface area contributed by atoms with E-state index in [0.717, 1.165) is 28.4 Å². The van der Waals surface area contributed by atoms with E-state index in [1.165, 1.54) is 18.4 Å². The molecule has 30 heavy (non-hydrogen) atoms. The number of aryl methyl sites for hydroxylation is 1. The van der Waals surface area contributed by atoms with Crippen molar-refractivity contribution in [3.8, 4) is 16.5 Å². The fourth-order valence-corrected chi connectivity index (χ4v) is 4.19. The Morgan fingerprint density at radius 3 is 2.83 bits per heavy atom. The first kappa shape index (κ1) is 20.1. The van der Waals surface area contributed by atoms with Crippen LogP contribution in [0.3, 0.4) is 0 Å². The minimum absolute atomic E-state index is 0.167. The summed E-state index contributed by atoms with van der Waals surface area (Å²) in [5.74, 6) is -0.0938. The number of amides is 2. The third-order valence-corrected chi connectivity index (χ3v) is 5.85. The minimum Gasteiger partial charge on any atom is -0.468 e. The number of carbonyl (C=O) groups is 2. The van der Waals surface area contributed by atoms with E-state index in [4.69, 9.17) is 9.15 Å². The molecule has 1 aromatic carbocycles. The average molecular weight is 426 g/mol. The third kappa shape index (κ3) is 4.20. The largest absolute Gasteiger partial charge is 0.468 e. The van der Waals surface area contributed by atoms with Crippen molar-refractivity contribution in [2.45, 2.75) is 32.2 Å². The maximum Gasteiger partial charge on any atom is 0.290 e. The molecule has 1 aliphatic rings. The maximum atomic E-state index is 13.0. The molecule has 1 N–H and O–H groups in total. The Bertz CT molecular complexity index is 1060. The summed E-state index contributed by atoms with van der Waals surface area (Å²) in [6, 6.07) is 10.1. The predicted octanol–water partition coefficient (Wildman–Crippen LogP) is 3.75. The fraction of sp³-hybridized carbons (Fsp3) is 0.333. The van der Waals surface area contributed by atoms with Crippen LogP contribution in [0.15, 0.2) is 40.8 Å². The van der Waals surface area contributed by atoms with Gasteiger partial charge < -0.3 is 19.4 Å². The predicted molar refractivity (Wildman–Crippen MR) is 113 cm³/mol. The van der Waals surface area contributed by atoms with E-state index in [0.29, 0.717) is 18.7 Å². The highest BCUT2D eigenvalue weighted by atomic mass is 32.1. The zero-order valence-corrected chi connectivity index (χ0v) is 17.6. The van der Waals surface area contributed by atoms with Gasteiger partial charge in [0.15, 0.2) is 5.76 Å². The first-order valence-corrected chi connectivity index (χ1v) is 10.5. The summed E-state index contributed by atoms with van der Waals surface area (Å²) in [6.07, 6.45) is 2.33. The van der Waals surface area contributed by atoms with E-state index in [9.17, 15) is 9.59 Å². The van der Waals surface area contributed by atoms with Gasteiger partial charge in [-0.1, -0.05) is 23.5 Å². The number of hydrogen-bond acceptors (Lipinski definition) is 7. The Labute approximate surface area is 177 Å². The normalized spacial score (nSPS) is 16.3. The molecule has 0 aliphatic carbocycles. The van der Waals surface area contributed by atoms with E-state index in [1.54, 1.807) is 17.0 Å². The Morgan fingerprint density at radius 2 is 2.10 bits per heavy atom. The van der Waals surface area contributed by atoms with Crippen LogP contribution in [-0.2, 0) is 4.79 Å². The number of nitrogens with one attached hydrogen (secondary N) is 1. The van der Waals surface area contributed by atoms with Gasteiger partial charge in [-0.05, 0) is 44.4 Å². The summed E-state index contributed by atoms with van der Waals surface area (Å²) in [5, 5.41) is 12.8. The molecule has 0 radical (unpaired) electrons. The van der Waals surface area contributed by atoms with E-state index in [2.05, 4.69) is 15.5 Å². The molecule has 1 unspecified atom stereocenters. The van der Waals surface area contributed by atoms with Gasteiger partial charge in [0.05, 0.1) is 7.11 Å². The molecule has 0 saturated carbocycles. The zero-order chi connectivity index (χ0) is 21.1. The second-order valence-corrected chi connectivity index (χ2v) is 8.21. The minimum atomic E-state index is -0.560. The lowest BCUT2D eigenvalue weighted by Gasteiger charge is -2.34. The van der Waals surface area contributed by atoms with Crippen LogP contribution in [-0.4, -0.2) is 46.6 Å². The number of furan rings is 1. The summed E-state index contributed by atoms with van der Waals surface area (Å²) in [5.41, 5.74) is 1.54. The van der Waals surface area contributed by atoms with Crippen LogP contribution in [0.5, 0.6) is 5.95 Å². The average Bonchev–Trinajstić information content (AvgIpc) is 3.42. The van der Waals surface area contributed by atoms with Crippen LogP contribution in [0.1, 0.15) is 34.8 Å². The first-order chi connectivity index (χ1) is 14.5. The molecule has 1 atom stereocenters. The Balaban J connectivity index is 1.50. The Kier molecular flexibility index (Phi) is 5.80. The molecular weight excluding hydrogens is 404 g/mol. The molecule has 156 valence electrons. The van der Waals surface area contributed by atoms with Crippen molar-refractivity contribution < 1.29 is 18.7 Å². The van der Waals surface area contributed by atoms with Gasteiger partial charge in [0.1, 0.15) is 16.1 Å². The Hall–Kier alpha value is -3.20. The van der Waals surface area contributed by atoms with Gasteiger partial charge in [0.25, 0.3) is 11.9 Å². The summed E-state index contributed by atoms with van der Waals surface area (Å²) in [6.45, 7) is 2.40. The molecule has 1 saturated heterocycles. The summed E-state index contributed by atoms with van der Waals surface area (Å²) >= 11 is 1.49. The smallest absolute Gasteiger partial charge is 0.290 e.